The van der Waals surface area contributed by atoms with Crippen LogP contribution in [0.4, 0.5) is 4.39 Å². The van der Waals surface area contributed by atoms with Crippen molar-refractivity contribution in [1.82, 2.24) is 14.3 Å². The number of carbonyl (C=O) groups is 1. The Hall–Kier alpha value is -4.14. The lowest BCUT2D eigenvalue weighted by Gasteiger charge is -2.27. The third-order valence-electron chi connectivity index (χ3n) is 5.82. The maximum atomic E-state index is 13.2. The van der Waals surface area contributed by atoms with E-state index < -0.39 is 11.6 Å². The van der Waals surface area contributed by atoms with Crippen molar-refractivity contribution >= 4 is 5.78 Å². The highest BCUT2D eigenvalue weighted by molar-refractivity contribution is 5.97. The maximum absolute atomic E-state index is 13.2. The molecule has 0 aliphatic carbocycles. The van der Waals surface area contributed by atoms with Crippen LogP contribution in [0.1, 0.15) is 21.7 Å². The number of halogens is 1. The number of fused-ring (bicyclic) bond motifs is 1. The van der Waals surface area contributed by atoms with Crippen molar-refractivity contribution in [2.75, 3.05) is 6.61 Å². The number of hydrogen-bond acceptors (Lipinski definition) is 6. The quantitative estimate of drug-likeness (QED) is 0.405. The summed E-state index contributed by atoms with van der Waals surface area (Å²) >= 11 is 0. The Kier molecular flexibility index (Phi) is 5.53. The van der Waals surface area contributed by atoms with Crippen LogP contribution >= 0.6 is 0 Å². The summed E-state index contributed by atoms with van der Waals surface area (Å²) in [6.45, 7) is 4.41. The van der Waals surface area contributed by atoms with Gasteiger partial charge in [0.05, 0.1) is 6.54 Å². The van der Waals surface area contributed by atoms with E-state index in [2.05, 4.69) is 5.10 Å². The lowest BCUT2D eigenvalue weighted by molar-refractivity contribution is 0.0777. The van der Waals surface area contributed by atoms with Gasteiger partial charge in [0.2, 0.25) is 5.89 Å². The highest BCUT2D eigenvalue weighted by Crippen LogP contribution is 2.31. The van der Waals surface area contributed by atoms with Crippen LogP contribution in [0.25, 0.3) is 11.5 Å². The van der Waals surface area contributed by atoms with E-state index in [1.807, 2.05) is 42.7 Å². The first-order valence-corrected chi connectivity index (χ1v) is 10.8. The first-order chi connectivity index (χ1) is 16.4. The van der Waals surface area contributed by atoms with Gasteiger partial charge in [0, 0.05) is 22.5 Å². The van der Waals surface area contributed by atoms with Crippen LogP contribution in [-0.2, 0) is 13.1 Å². The molecular formula is C25H22FN3O5. The average Bonchev–Trinajstić information content (AvgIpc) is 3.33. The van der Waals surface area contributed by atoms with E-state index in [4.69, 9.17) is 13.9 Å². The molecular weight excluding hydrogens is 441 g/mol. The van der Waals surface area contributed by atoms with Crippen molar-refractivity contribution < 1.29 is 23.1 Å². The molecule has 4 aromatic rings. The zero-order valence-electron chi connectivity index (χ0n) is 18.7. The summed E-state index contributed by atoms with van der Waals surface area (Å²) in [5, 5.41) is 4.10. The van der Waals surface area contributed by atoms with E-state index in [0.717, 1.165) is 16.1 Å². The minimum absolute atomic E-state index is 0.0259. The third-order valence-corrected chi connectivity index (χ3v) is 5.82. The number of para-hydroxylation sites is 2. The smallest absolute Gasteiger partial charge is 0.437 e. The number of aryl methyl sites for hydroxylation is 1. The number of carbonyl (C=O) groups excluding carboxylic acids is 1. The SMILES string of the molecule is Cc1cc(C(=O)Cn2nc(-c3ccc(F)cc3)oc2=O)c(C)n1CC1COc2ccccc2O1. The van der Waals surface area contributed by atoms with E-state index in [-0.39, 0.29) is 24.3 Å². The Morgan fingerprint density at radius 3 is 2.62 bits per heavy atom. The number of ether oxygens (including phenoxy) is 2. The number of aromatic nitrogens is 3. The molecule has 2 aromatic carbocycles. The van der Waals surface area contributed by atoms with E-state index in [9.17, 15) is 14.0 Å². The molecule has 0 fully saturated rings. The number of benzene rings is 2. The lowest BCUT2D eigenvalue weighted by Crippen LogP contribution is -2.33. The molecule has 5 rings (SSSR count). The van der Waals surface area contributed by atoms with E-state index in [0.29, 0.717) is 35.8 Å². The first kappa shape index (κ1) is 21.7. The van der Waals surface area contributed by atoms with E-state index in [1.54, 1.807) is 6.07 Å². The Morgan fingerprint density at radius 1 is 1.12 bits per heavy atom. The molecule has 1 atom stereocenters. The Morgan fingerprint density at radius 2 is 1.85 bits per heavy atom. The maximum Gasteiger partial charge on any atom is 0.437 e. The predicted molar refractivity (Wildman–Crippen MR) is 121 cm³/mol. The van der Waals surface area contributed by atoms with Gasteiger partial charge in [-0.1, -0.05) is 12.1 Å². The van der Waals surface area contributed by atoms with Gasteiger partial charge in [0.1, 0.15) is 19.0 Å². The second kappa shape index (κ2) is 8.66. The number of nitrogens with zero attached hydrogens (tertiary/aromatic N) is 3. The summed E-state index contributed by atoms with van der Waals surface area (Å²) < 4.78 is 33.1. The van der Waals surface area contributed by atoms with Crippen molar-refractivity contribution in [3.05, 3.63) is 87.9 Å². The summed E-state index contributed by atoms with van der Waals surface area (Å²) in [6.07, 6.45) is -0.209. The van der Waals surface area contributed by atoms with Crippen molar-refractivity contribution in [1.29, 1.82) is 0 Å². The molecule has 0 radical (unpaired) electrons. The summed E-state index contributed by atoms with van der Waals surface area (Å²) in [7, 11) is 0. The zero-order chi connectivity index (χ0) is 23.8. The molecule has 174 valence electrons. The minimum atomic E-state index is -0.757. The van der Waals surface area contributed by atoms with Gasteiger partial charge in [-0.3, -0.25) is 4.79 Å². The zero-order valence-corrected chi connectivity index (χ0v) is 18.7. The molecule has 1 unspecified atom stereocenters. The summed E-state index contributed by atoms with van der Waals surface area (Å²) in [5.41, 5.74) is 2.59. The molecule has 0 saturated heterocycles. The van der Waals surface area contributed by atoms with Crippen LogP contribution in [0.2, 0.25) is 0 Å². The van der Waals surface area contributed by atoms with Gasteiger partial charge in [-0.15, -0.1) is 5.10 Å². The molecule has 34 heavy (non-hydrogen) atoms. The molecule has 0 amide bonds. The van der Waals surface area contributed by atoms with Gasteiger partial charge < -0.3 is 18.5 Å². The van der Waals surface area contributed by atoms with Crippen LogP contribution in [0, 0.1) is 19.7 Å². The van der Waals surface area contributed by atoms with Gasteiger partial charge in [-0.2, -0.15) is 4.68 Å². The van der Waals surface area contributed by atoms with Crippen LogP contribution in [0.5, 0.6) is 11.5 Å². The van der Waals surface area contributed by atoms with Crippen LogP contribution in [0.15, 0.2) is 63.8 Å². The average molecular weight is 463 g/mol. The molecule has 9 heteroatoms. The third kappa shape index (κ3) is 4.12. The topological polar surface area (TPSA) is 88.5 Å². The predicted octanol–water partition coefficient (Wildman–Crippen LogP) is 3.78. The fraction of sp³-hybridized carbons (Fsp3) is 0.240. The first-order valence-electron chi connectivity index (χ1n) is 10.8. The summed E-state index contributed by atoms with van der Waals surface area (Å²) in [5.74, 6) is -0.00330. The number of rotatable bonds is 6. The molecule has 0 N–H and O–H groups in total. The number of hydrogen-bond donors (Lipinski definition) is 0. The highest BCUT2D eigenvalue weighted by Gasteiger charge is 2.24. The molecule has 8 nitrogen and oxygen atoms in total. The van der Waals surface area contributed by atoms with Gasteiger partial charge in [0.25, 0.3) is 0 Å². The largest absolute Gasteiger partial charge is 0.486 e. The minimum Gasteiger partial charge on any atom is -0.486 e. The molecule has 0 spiro atoms. The lowest BCUT2D eigenvalue weighted by atomic mass is 10.1. The molecule has 0 saturated carbocycles. The summed E-state index contributed by atoms with van der Waals surface area (Å²) in [6, 6.07) is 14.7. The fourth-order valence-corrected chi connectivity index (χ4v) is 4.06. The van der Waals surface area contributed by atoms with Crippen molar-refractivity contribution in [2.24, 2.45) is 0 Å². The van der Waals surface area contributed by atoms with Gasteiger partial charge in [-0.25, -0.2) is 9.18 Å². The van der Waals surface area contributed by atoms with Gasteiger partial charge in [0.15, 0.2) is 23.4 Å². The standard InChI is InChI=1S/C25H22FN3O5/c1-15-11-20(16(2)28(15)12-19-14-32-22-5-3-4-6-23(22)33-19)21(30)13-29-25(31)34-24(27-29)17-7-9-18(26)10-8-17/h3-11,19H,12-14H2,1-2H3. The molecule has 1 aliphatic heterocycles. The molecule has 0 bridgehead atoms. The van der Waals surface area contributed by atoms with Gasteiger partial charge in [-0.05, 0) is 56.3 Å². The fourth-order valence-electron chi connectivity index (χ4n) is 4.06. The molecule has 2 aromatic heterocycles. The van der Waals surface area contributed by atoms with Crippen LogP contribution < -0.4 is 15.2 Å². The molecule has 1 aliphatic rings. The Labute approximate surface area is 194 Å². The van der Waals surface area contributed by atoms with Crippen LogP contribution in [0.3, 0.4) is 0 Å². The van der Waals surface area contributed by atoms with Gasteiger partial charge >= 0.3 is 5.76 Å². The Bertz CT molecular complexity index is 1420. The Balaban J connectivity index is 1.32. The second-order valence-electron chi connectivity index (χ2n) is 8.15. The number of Topliss-reactive ketones (excluding diaryl/α,β-unsaturated/α-hetero) is 1. The van der Waals surface area contributed by atoms with Crippen molar-refractivity contribution in [3.8, 4) is 23.0 Å². The van der Waals surface area contributed by atoms with Crippen LogP contribution in [-0.4, -0.2) is 32.8 Å². The normalized spacial score (nSPS) is 14.9. The van der Waals surface area contributed by atoms with Crippen molar-refractivity contribution in [3.63, 3.8) is 0 Å². The highest BCUT2D eigenvalue weighted by atomic mass is 19.1. The number of ketones is 1. The van der Waals surface area contributed by atoms with E-state index >= 15 is 0 Å². The molecule has 3 heterocycles. The van der Waals surface area contributed by atoms with E-state index in [1.165, 1.54) is 24.3 Å². The monoisotopic (exact) mass is 463 g/mol. The second-order valence-corrected chi connectivity index (χ2v) is 8.15. The van der Waals surface area contributed by atoms with Crippen molar-refractivity contribution in [2.45, 2.75) is 33.0 Å². The summed E-state index contributed by atoms with van der Waals surface area (Å²) in [4.78, 5) is 25.3.